The van der Waals surface area contributed by atoms with Crippen molar-refractivity contribution in [2.45, 2.75) is 6.54 Å². The van der Waals surface area contributed by atoms with Crippen LogP contribution in [0, 0.1) is 4.91 Å². The van der Waals surface area contributed by atoms with Crippen molar-refractivity contribution in [3.05, 3.63) is 80.9 Å². The number of phenols is 1. The molecule has 0 saturated heterocycles. The minimum Gasteiger partial charge on any atom is -0.508 e. The van der Waals surface area contributed by atoms with Crippen LogP contribution in [-0.2, 0) is 6.54 Å². The molecule has 1 aromatic carbocycles. The quantitative estimate of drug-likeness (QED) is 0.361. The number of hydrogen-bond donors (Lipinski definition) is 3. The topological polar surface area (TPSA) is 141 Å². The molecule has 9 heteroatoms. The summed E-state index contributed by atoms with van der Waals surface area (Å²) < 4.78 is 0. The molecular formula is C19H13N5O4. The average Bonchev–Trinajstić information content (AvgIpc) is 3.13. The zero-order chi connectivity index (χ0) is 19.7. The third-order valence-corrected chi connectivity index (χ3v) is 4.34. The van der Waals surface area contributed by atoms with Crippen molar-refractivity contribution in [1.82, 2.24) is 20.2 Å². The molecule has 0 unspecified atom stereocenters. The van der Waals surface area contributed by atoms with Gasteiger partial charge in [0, 0.05) is 34.5 Å². The number of fused-ring (bicyclic) bond motifs is 1. The number of benzene rings is 1. The average molecular weight is 375 g/mol. The van der Waals surface area contributed by atoms with Crippen molar-refractivity contribution in [1.29, 1.82) is 0 Å². The molecule has 0 aliphatic carbocycles. The number of hydrogen-bond acceptors (Lipinski definition) is 7. The molecule has 4 rings (SSSR count). The lowest BCUT2D eigenvalue weighted by Gasteiger charge is -2.08. The van der Waals surface area contributed by atoms with Crippen molar-refractivity contribution in [2.75, 3.05) is 0 Å². The smallest absolute Gasteiger partial charge is 0.255 e. The summed E-state index contributed by atoms with van der Waals surface area (Å²) in [5.41, 5.74) is 1.29. The Morgan fingerprint density at radius 2 is 1.89 bits per heavy atom. The van der Waals surface area contributed by atoms with E-state index in [2.05, 4.69) is 25.3 Å². The lowest BCUT2D eigenvalue weighted by molar-refractivity contribution is 0.104. The second-order valence-corrected chi connectivity index (χ2v) is 6.02. The fraction of sp³-hybridized carbons (Fsp3) is 0.0526. The molecule has 0 bridgehead atoms. The van der Waals surface area contributed by atoms with Crippen molar-refractivity contribution < 1.29 is 9.90 Å². The third kappa shape index (κ3) is 2.84. The van der Waals surface area contributed by atoms with E-state index in [0.29, 0.717) is 22.2 Å². The molecule has 9 nitrogen and oxygen atoms in total. The summed E-state index contributed by atoms with van der Waals surface area (Å²) in [6.45, 7) is -0.301. The number of nitroso groups, excluding NO2 is 1. The SMILES string of the molecule is O=NCc1nnc2[nH]cc(C(=O)c3ccc(O)cc3)c2c1-c1ccc[nH]c1=O. The maximum Gasteiger partial charge on any atom is 0.255 e. The summed E-state index contributed by atoms with van der Waals surface area (Å²) in [4.78, 5) is 41.8. The third-order valence-electron chi connectivity index (χ3n) is 4.34. The van der Waals surface area contributed by atoms with E-state index in [0.717, 1.165) is 0 Å². The van der Waals surface area contributed by atoms with Crippen molar-refractivity contribution in [2.24, 2.45) is 5.18 Å². The number of aromatic amines is 2. The molecule has 0 saturated carbocycles. The monoisotopic (exact) mass is 375 g/mol. The number of pyridine rings is 1. The van der Waals surface area contributed by atoms with Gasteiger partial charge in [0.1, 0.15) is 12.3 Å². The van der Waals surface area contributed by atoms with Crippen LogP contribution in [0.4, 0.5) is 0 Å². The van der Waals surface area contributed by atoms with Crippen LogP contribution in [0.5, 0.6) is 5.75 Å². The van der Waals surface area contributed by atoms with Crippen molar-refractivity contribution in [3.63, 3.8) is 0 Å². The summed E-state index contributed by atoms with van der Waals surface area (Å²) in [5, 5.41) is 20.7. The number of H-pyrrole nitrogens is 2. The van der Waals surface area contributed by atoms with Gasteiger partial charge >= 0.3 is 0 Å². The zero-order valence-electron chi connectivity index (χ0n) is 14.3. The highest BCUT2D eigenvalue weighted by Crippen LogP contribution is 2.32. The van der Waals surface area contributed by atoms with Gasteiger partial charge in [-0.15, -0.1) is 5.10 Å². The number of carbonyl (C=O) groups excluding carboxylic acids is 1. The second-order valence-electron chi connectivity index (χ2n) is 6.02. The van der Waals surface area contributed by atoms with E-state index in [1.54, 1.807) is 12.1 Å². The fourth-order valence-electron chi connectivity index (χ4n) is 3.08. The first-order valence-electron chi connectivity index (χ1n) is 8.27. The van der Waals surface area contributed by atoms with E-state index in [1.165, 1.54) is 36.7 Å². The normalized spacial score (nSPS) is 10.9. The molecule has 0 amide bonds. The van der Waals surface area contributed by atoms with Crippen LogP contribution < -0.4 is 5.56 Å². The van der Waals surface area contributed by atoms with E-state index in [4.69, 9.17) is 0 Å². The van der Waals surface area contributed by atoms with Crippen molar-refractivity contribution in [3.8, 4) is 16.9 Å². The lowest BCUT2D eigenvalue weighted by Crippen LogP contribution is -2.11. The van der Waals surface area contributed by atoms with Crippen LogP contribution in [0.15, 0.2) is 58.8 Å². The van der Waals surface area contributed by atoms with E-state index < -0.39 is 5.56 Å². The molecule has 0 fully saturated rings. The maximum atomic E-state index is 13.0. The Kier molecular flexibility index (Phi) is 4.24. The second kappa shape index (κ2) is 6.88. The summed E-state index contributed by atoms with van der Waals surface area (Å²) in [7, 11) is 0. The van der Waals surface area contributed by atoms with Gasteiger partial charge < -0.3 is 15.1 Å². The van der Waals surface area contributed by atoms with Gasteiger partial charge in [0.25, 0.3) is 5.56 Å². The molecule has 138 valence electrons. The Bertz CT molecular complexity index is 1260. The molecule has 0 aliphatic heterocycles. The Balaban J connectivity index is 2.02. The number of ketones is 1. The van der Waals surface area contributed by atoms with Crippen molar-refractivity contribution >= 4 is 16.8 Å². The molecule has 3 aromatic heterocycles. The summed E-state index contributed by atoms with van der Waals surface area (Å²) in [6, 6.07) is 9.02. The largest absolute Gasteiger partial charge is 0.508 e. The molecule has 3 N–H and O–H groups in total. The van der Waals surface area contributed by atoms with Gasteiger partial charge in [0.2, 0.25) is 0 Å². The predicted octanol–water partition coefficient (Wildman–Crippen LogP) is 2.52. The van der Waals surface area contributed by atoms with E-state index in [9.17, 15) is 19.6 Å². The van der Waals surface area contributed by atoms with Gasteiger partial charge in [-0.05, 0) is 36.4 Å². The molecule has 0 spiro atoms. The van der Waals surface area contributed by atoms with Crippen LogP contribution in [0.3, 0.4) is 0 Å². The van der Waals surface area contributed by atoms with Gasteiger partial charge in [0.05, 0.1) is 11.3 Å². The molecule has 28 heavy (non-hydrogen) atoms. The van der Waals surface area contributed by atoms with Gasteiger partial charge in [0.15, 0.2) is 11.4 Å². The molecule has 4 aromatic rings. The Morgan fingerprint density at radius 1 is 1.11 bits per heavy atom. The standard InChI is InChI=1S/C19H13N5O4/c25-11-5-3-10(4-6-11)17(26)13-8-21-18-16(13)15(14(9-22-28)23-24-18)12-2-1-7-20-19(12)27/h1-8,25H,9H2,(H,20,27)(H,21,24). The highest BCUT2D eigenvalue weighted by molar-refractivity contribution is 6.18. The number of carbonyl (C=O) groups is 1. The first-order valence-corrected chi connectivity index (χ1v) is 8.27. The zero-order valence-corrected chi connectivity index (χ0v) is 14.3. The molecule has 0 aliphatic rings. The number of rotatable bonds is 5. The van der Waals surface area contributed by atoms with Gasteiger partial charge in [-0.3, -0.25) is 9.59 Å². The Labute approximate surface area is 157 Å². The number of aromatic nitrogens is 4. The lowest BCUT2D eigenvalue weighted by atomic mass is 9.96. The number of nitrogens with zero attached hydrogens (tertiary/aromatic N) is 3. The first-order chi connectivity index (χ1) is 13.6. The molecular weight excluding hydrogens is 362 g/mol. The maximum absolute atomic E-state index is 13.0. The van der Waals surface area contributed by atoms with E-state index >= 15 is 0 Å². The van der Waals surface area contributed by atoms with Crippen LogP contribution in [-0.4, -0.2) is 31.1 Å². The Morgan fingerprint density at radius 3 is 2.61 bits per heavy atom. The van der Waals surface area contributed by atoms with Gasteiger partial charge in [-0.25, -0.2) is 0 Å². The van der Waals surface area contributed by atoms with Gasteiger partial charge in [-0.2, -0.15) is 10.0 Å². The van der Waals surface area contributed by atoms with Crippen LogP contribution in [0.1, 0.15) is 21.6 Å². The number of nitrogens with one attached hydrogen (secondary N) is 2. The highest BCUT2D eigenvalue weighted by atomic mass is 16.3. The minimum absolute atomic E-state index is 0.0391. The molecule has 0 atom stereocenters. The van der Waals surface area contributed by atoms with Crippen LogP contribution >= 0.6 is 0 Å². The fourth-order valence-corrected chi connectivity index (χ4v) is 3.08. The van der Waals surface area contributed by atoms with Gasteiger partial charge in [-0.1, -0.05) is 5.18 Å². The Hall–Kier alpha value is -4.14. The van der Waals surface area contributed by atoms with E-state index in [1.807, 2.05) is 0 Å². The summed E-state index contributed by atoms with van der Waals surface area (Å²) >= 11 is 0. The molecule has 3 heterocycles. The number of phenolic OH excluding ortho intramolecular Hbond substituents is 1. The van der Waals surface area contributed by atoms with E-state index in [-0.39, 0.29) is 34.9 Å². The molecule has 0 radical (unpaired) electrons. The predicted molar refractivity (Wildman–Crippen MR) is 101 cm³/mol. The highest BCUT2D eigenvalue weighted by Gasteiger charge is 2.23. The summed E-state index contributed by atoms with van der Waals surface area (Å²) in [5.74, 6) is -0.296. The number of aromatic hydroxyl groups is 1. The first kappa shape index (κ1) is 17.3. The summed E-state index contributed by atoms with van der Waals surface area (Å²) in [6.07, 6.45) is 2.96. The van der Waals surface area contributed by atoms with Crippen LogP contribution in [0.2, 0.25) is 0 Å². The minimum atomic E-state index is -0.395. The van der Waals surface area contributed by atoms with Crippen LogP contribution in [0.25, 0.3) is 22.2 Å².